The largest absolute Gasteiger partial charge is 0.478 e. The number of carbonyl (C=O) groups excluding carboxylic acids is 1. The molecule has 22 heavy (non-hydrogen) atoms. The predicted molar refractivity (Wildman–Crippen MR) is 83.1 cm³/mol. The first-order valence-corrected chi connectivity index (χ1v) is 7.66. The molecule has 1 aliphatic carbocycles. The smallest absolute Gasteiger partial charge is 0.335 e. The first kappa shape index (κ1) is 16.5. The van der Waals surface area contributed by atoms with Crippen molar-refractivity contribution in [2.45, 2.75) is 32.2 Å². The van der Waals surface area contributed by atoms with Gasteiger partial charge in [0.05, 0.1) is 12.2 Å². The number of nitrogens with zero attached hydrogens (tertiary/aromatic N) is 1. The summed E-state index contributed by atoms with van der Waals surface area (Å²) in [5, 5.41) is 8.93. The van der Waals surface area contributed by atoms with E-state index in [1.54, 1.807) is 19.2 Å². The fraction of sp³-hybridized carbons (Fsp3) is 0.529. The molecule has 1 N–H and O–H groups in total. The van der Waals surface area contributed by atoms with Crippen LogP contribution in [0.3, 0.4) is 0 Å². The molecule has 2 rings (SSSR count). The Kier molecular flexibility index (Phi) is 5.55. The number of aromatic carboxylic acids is 1. The summed E-state index contributed by atoms with van der Waals surface area (Å²) in [6.07, 6.45) is 3.17. The van der Waals surface area contributed by atoms with Gasteiger partial charge in [0.15, 0.2) is 0 Å². The van der Waals surface area contributed by atoms with Gasteiger partial charge < -0.3 is 14.7 Å². The van der Waals surface area contributed by atoms with Gasteiger partial charge in [0, 0.05) is 25.3 Å². The van der Waals surface area contributed by atoms with Crippen LogP contribution in [0.4, 0.5) is 0 Å². The van der Waals surface area contributed by atoms with E-state index in [1.807, 2.05) is 4.90 Å². The Labute approximate surface area is 130 Å². The molecular formula is C17H23NO4. The molecule has 5 nitrogen and oxygen atoms in total. The monoisotopic (exact) mass is 305 g/mol. The van der Waals surface area contributed by atoms with Crippen molar-refractivity contribution in [2.24, 2.45) is 5.92 Å². The number of carboxylic acids is 1. The van der Waals surface area contributed by atoms with Crippen LogP contribution in [0.1, 0.15) is 46.9 Å². The first-order chi connectivity index (χ1) is 10.5. The summed E-state index contributed by atoms with van der Waals surface area (Å²) >= 11 is 0. The maximum atomic E-state index is 12.7. The lowest BCUT2D eigenvalue weighted by Crippen LogP contribution is -2.41. The minimum absolute atomic E-state index is 0.0481. The molecule has 0 saturated heterocycles. The molecule has 1 saturated carbocycles. The van der Waals surface area contributed by atoms with Gasteiger partial charge >= 0.3 is 5.97 Å². The molecule has 0 aliphatic heterocycles. The van der Waals surface area contributed by atoms with Crippen LogP contribution in [-0.4, -0.2) is 48.2 Å². The van der Waals surface area contributed by atoms with Gasteiger partial charge in [-0.15, -0.1) is 0 Å². The van der Waals surface area contributed by atoms with Gasteiger partial charge in [-0.05, 0) is 49.4 Å². The molecule has 2 atom stereocenters. The summed E-state index contributed by atoms with van der Waals surface area (Å²) in [6.45, 7) is 3.28. The van der Waals surface area contributed by atoms with Gasteiger partial charge in [0.25, 0.3) is 5.91 Å². The lowest BCUT2D eigenvalue weighted by Gasteiger charge is -2.29. The van der Waals surface area contributed by atoms with Gasteiger partial charge in [-0.25, -0.2) is 4.79 Å². The summed E-state index contributed by atoms with van der Waals surface area (Å²) in [7, 11) is 1.63. The molecule has 2 unspecified atom stereocenters. The van der Waals surface area contributed by atoms with Crippen LogP contribution >= 0.6 is 0 Å². The van der Waals surface area contributed by atoms with E-state index >= 15 is 0 Å². The zero-order valence-electron chi connectivity index (χ0n) is 13.1. The number of hydrogen-bond donors (Lipinski definition) is 1. The van der Waals surface area contributed by atoms with Gasteiger partial charge in [0.2, 0.25) is 0 Å². The molecule has 1 aromatic carbocycles. The topological polar surface area (TPSA) is 66.8 Å². The van der Waals surface area contributed by atoms with Crippen LogP contribution in [0.2, 0.25) is 0 Å². The minimum atomic E-state index is -0.986. The van der Waals surface area contributed by atoms with Gasteiger partial charge in [-0.2, -0.15) is 0 Å². The molecule has 0 spiro atoms. The maximum absolute atomic E-state index is 12.7. The predicted octanol–water partition coefficient (Wildman–Crippen LogP) is 2.66. The van der Waals surface area contributed by atoms with E-state index < -0.39 is 5.97 Å². The number of benzene rings is 1. The second-order valence-corrected chi connectivity index (χ2v) is 5.95. The number of ether oxygens (including phenoxy) is 1. The molecule has 1 amide bonds. The van der Waals surface area contributed by atoms with Crippen molar-refractivity contribution in [2.75, 3.05) is 20.3 Å². The van der Waals surface area contributed by atoms with Crippen molar-refractivity contribution < 1.29 is 19.4 Å². The van der Waals surface area contributed by atoms with Gasteiger partial charge in [-0.3, -0.25) is 4.79 Å². The molecule has 5 heteroatoms. The third kappa shape index (κ3) is 3.85. The summed E-state index contributed by atoms with van der Waals surface area (Å²) < 4.78 is 5.12. The summed E-state index contributed by atoms with van der Waals surface area (Å²) in [5.74, 6) is -0.398. The number of hydrogen-bond acceptors (Lipinski definition) is 3. The Morgan fingerprint density at radius 3 is 2.36 bits per heavy atom. The molecule has 1 aliphatic rings. The Bertz CT molecular complexity index is 526. The van der Waals surface area contributed by atoms with Crippen LogP contribution in [0.5, 0.6) is 0 Å². The lowest BCUT2D eigenvalue weighted by molar-refractivity contribution is 0.0601. The highest BCUT2D eigenvalue weighted by atomic mass is 16.5. The number of carbonyl (C=O) groups is 2. The van der Waals surface area contributed by atoms with Crippen LogP contribution in [0, 0.1) is 5.92 Å². The number of carboxylic acid groups (broad SMARTS) is 1. The Hall–Kier alpha value is -1.88. The van der Waals surface area contributed by atoms with E-state index in [0.717, 1.165) is 19.3 Å². The lowest BCUT2D eigenvalue weighted by atomic mass is 10.1. The Balaban J connectivity index is 2.15. The van der Waals surface area contributed by atoms with Crippen molar-refractivity contribution in [3.8, 4) is 0 Å². The van der Waals surface area contributed by atoms with Crippen molar-refractivity contribution in [3.63, 3.8) is 0 Å². The second-order valence-electron chi connectivity index (χ2n) is 5.95. The standard InChI is InChI=1S/C17H23NO4/c1-12-3-8-15(11-12)18(9-10-22-2)16(19)13-4-6-14(7-5-13)17(20)21/h4-7,12,15H,3,8-11H2,1-2H3,(H,20,21). The molecular weight excluding hydrogens is 282 g/mol. The fourth-order valence-corrected chi connectivity index (χ4v) is 3.02. The zero-order valence-corrected chi connectivity index (χ0v) is 13.1. The highest BCUT2D eigenvalue weighted by molar-refractivity contribution is 5.96. The number of methoxy groups -OCH3 is 1. The van der Waals surface area contributed by atoms with Crippen molar-refractivity contribution in [3.05, 3.63) is 35.4 Å². The highest BCUT2D eigenvalue weighted by Gasteiger charge is 2.30. The number of rotatable bonds is 6. The molecule has 0 heterocycles. The molecule has 0 radical (unpaired) electrons. The molecule has 120 valence electrons. The van der Waals surface area contributed by atoms with E-state index in [-0.39, 0.29) is 17.5 Å². The van der Waals surface area contributed by atoms with Crippen LogP contribution in [0.15, 0.2) is 24.3 Å². The second kappa shape index (κ2) is 7.40. The van der Waals surface area contributed by atoms with E-state index in [2.05, 4.69) is 6.92 Å². The fourth-order valence-electron chi connectivity index (χ4n) is 3.02. The van der Waals surface area contributed by atoms with Crippen LogP contribution in [0.25, 0.3) is 0 Å². The number of amides is 1. The average molecular weight is 305 g/mol. The van der Waals surface area contributed by atoms with Crippen molar-refractivity contribution in [1.82, 2.24) is 4.90 Å². The highest BCUT2D eigenvalue weighted by Crippen LogP contribution is 2.29. The Morgan fingerprint density at radius 1 is 1.23 bits per heavy atom. The van der Waals surface area contributed by atoms with E-state index in [0.29, 0.717) is 24.6 Å². The van der Waals surface area contributed by atoms with Crippen molar-refractivity contribution in [1.29, 1.82) is 0 Å². The molecule has 1 fully saturated rings. The third-order valence-corrected chi connectivity index (χ3v) is 4.28. The molecule has 1 aromatic rings. The molecule has 0 bridgehead atoms. The SMILES string of the molecule is COCCN(C(=O)c1ccc(C(=O)O)cc1)C1CCC(C)C1. The van der Waals surface area contributed by atoms with Gasteiger partial charge in [-0.1, -0.05) is 6.92 Å². The summed E-state index contributed by atoms with van der Waals surface area (Å²) in [4.78, 5) is 25.5. The van der Waals surface area contributed by atoms with Crippen LogP contribution in [-0.2, 0) is 4.74 Å². The summed E-state index contributed by atoms with van der Waals surface area (Å²) in [5.41, 5.74) is 0.718. The average Bonchev–Trinajstić information content (AvgIpc) is 2.94. The molecule has 0 aromatic heterocycles. The third-order valence-electron chi connectivity index (χ3n) is 4.28. The van der Waals surface area contributed by atoms with Gasteiger partial charge in [0.1, 0.15) is 0 Å². The normalized spacial score (nSPS) is 20.8. The van der Waals surface area contributed by atoms with E-state index in [4.69, 9.17) is 9.84 Å². The Morgan fingerprint density at radius 2 is 1.86 bits per heavy atom. The minimum Gasteiger partial charge on any atom is -0.478 e. The van der Waals surface area contributed by atoms with E-state index in [9.17, 15) is 9.59 Å². The quantitative estimate of drug-likeness (QED) is 0.877. The van der Waals surface area contributed by atoms with E-state index in [1.165, 1.54) is 12.1 Å². The van der Waals surface area contributed by atoms with Crippen LogP contribution < -0.4 is 0 Å². The first-order valence-electron chi connectivity index (χ1n) is 7.66. The summed E-state index contributed by atoms with van der Waals surface area (Å²) in [6, 6.07) is 6.37. The van der Waals surface area contributed by atoms with Crippen molar-refractivity contribution >= 4 is 11.9 Å². The maximum Gasteiger partial charge on any atom is 0.335 e. The zero-order chi connectivity index (χ0) is 16.1.